The predicted octanol–water partition coefficient (Wildman–Crippen LogP) is 1.98. The van der Waals surface area contributed by atoms with Crippen LogP contribution in [-0.4, -0.2) is 21.2 Å². The zero-order chi connectivity index (χ0) is 12.4. The maximum Gasteiger partial charge on any atom is 0.260 e. The monoisotopic (exact) mass is 231 g/mol. The fourth-order valence-corrected chi connectivity index (χ4v) is 1.50. The van der Waals surface area contributed by atoms with Gasteiger partial charge < -0.3 is 10.4 Å². The van der Waals surface area contributed by atoms with Gasteiger partial charge in [-0.3, -0.25) is 9.89 Å². The van der Waals surface area contributed by atoms with E-state index in [0.29, 0.717) is 5.82 Å². The Hall–Kier alpha value is -2.30. The minimum Gasteiger partial charge on any atom is -0.507 e. The highest BCUT2D eigenvalue weighted by Gasteiger charge is 2.12. The van der Waals surface area contributed by atoms with Gasteiger partial charge in [0.05, 0.1) is 5.56 Å². The second-order valence-electron chi connectivity index (χ2n) is 3.91. The molecule has 0 radical (unpaired) electrons. The molecule has 0 atom stereocenters. The van der Waals surface area contributed by atoms with Crippen LogP contribution < -0.4 is 5.32 Å². The van der Waals surface area contributed by atoms with Crippen LogP contribution in [0.3, 0.4) is 0 Å². The zero-order valence-electron chi connectivity index (χ0n) is 9.61. The van der Waals surface area contributed by atoms with E-state index in [-0.39, 0.29) is 17.2 Å². The van der Waals surface area contributed by atoms with Crippen LogP contribution in [0, 0.1) is 13.8 Å². The van der Waals surface area contributed by atoms with E-state index in [0.717, 1.165) is 11.3 Å². The summed E-state index contributed by atoms with van der Waals surface area (Å²) in [4.78, 5) is 11.9. The van der Waals surface area contributed by atoms with Crippen LogP contribution in [0.2, 0.25) is 0 Å². The summed E-state index contributed by atoms with van der Waals surface area (Å²) in [7, 11) is 0. The van der Waals surface area contributed by atoms with Crippen LogP contribution >= 0.6 is 0 Å². The van der Waals surface area contributed by atoms with Gasteiger partial charge in [-0.2, -0.15) is 5.10 Å². The number of hydrogen-bond acceptors (Lipinski definition) is 3. The van der Waals surface area contributed by atoms with Crippen LogP contribution in [-0.2, 0) is 0 Å². The summed E-state index contributed by atoms with van der Waals surface area (Å²) >= 11 is 0. The number of H-pyrrole nitrogens is 1. The van der Waals surface area contributed by atoms with Gasteiger partial charge in [-0.25, -0.2) is 0 Å². The SMILES string of the molecule is Cc1ccc(O)c(C(=O)Nc2cc(C)[nH]n2)c1. The molecule has 1 aromatic carbocycles. The Balaban J connectivity index is 2.22. The van der Waals surface area contributed by atoms with Gasteiger partial charge in [-0.1, -0.05) is 11.6 Å². The fraction of sp³-hybridized carbons (Fsp3) is 0.167. The van der Waals surface area contributed by atoms with Gasteiger partial charge >= 0.3 is 0 Å². The van der Waals surface area contributed by atoms with Crippen molar-refractivity contribution in [3.05, 3.63) is 41.1 Å². The number of aromatic hydroxyl groups is 1. The van der Waals surface area contributed by atoms with E-state index in [1.54, 1.807) is 18.2 Å². The average molecular weight is 231 g/mol. The molecule has 0 saturated carbocycles. The number of benzene rings is 1. The molecular weight excluding hydrogens is 218 g/mol. The van der Waals surface area contributed by atoms with Crippen molar-refractivity contribution in [2.45, 2.75) is 13.8 Å². The van der Waals surface area contributed by atoms with Crippen molar-refractivity contribution in [1.82, 2.24) is 10.2 Å². The van der Waals surface area contributed by atoms with Crippen molar-refractivity contribution in [1.29, 1.82) is 0 Å². The van der Waals surface area contributed by atoms with Gasteiger partial charge in [0.25, 0.3) is 5.91 Å². The van der Waals surface area contributed by atoms with Gasteiger partial charge in [0.2, 0.25) is 0 Å². The topological polar surface area (TPSA) is 78.0 Å². The molecule has 0 bridgehead atoms. The normalized spacial score (nSPS) is 10.2. The molecule has 0 spiro atoms. The first-order chi connectivity index (χ1) is 8.06. The maximum atomic E-state index is 11.9. The second kappa shape index (κ2) is 4.29. The Labute approximate surface area is 98.5 Å². The molecule has 0 unspecified atom stereocenters. The lowest BCUT2D eigenvalue weighted by Gasteiger charge is -2.05. The van der Waals surface area contributed by atoms with Gasteiger partial charge in [-0.05, 0) is 26.0 Å². The third-order valence-corrected chi connectivity index (χ3v) is 2.34. The number of phenolic OH excluding ortho intramolecular Hbond substituents is 1. The number of anilines is 1. The smallest absolute Gasteiger partial charge is 0.260 e. The maximum absolute atomic E-state index is 11.9. The number of nitrogens with zero attached hydrogens (tertiary/aromatic N) is 1. The first-order valence-corrected chi connectivity index (χ1v) is 5.19. The highest BCUT2D eigenvalue weighted by Crippen LogP contribution is 2.19. The van der Waals surface area contributed by atoms with E-state index < -0.39 is 0 Å². The summed E-state index contributed by atoms with van der Waals surface area (Å²) in [6.07, 6.45) is 0. The Bertz CT molecular complexity index is 561. The lowest BCUT2D eigenvalue weighted by atomic mass is 10.1. The summed E-state index contributed by atoms with van der Waals surface area (Å²) < 4.78 is 0. The van der Waals surface area contributed by atoms with Crippen molar-refractivity contribution in [3.63, 3.8) is 0 Å². The van der Waals surface area contributed by atoms with Crippen LogP contribution in [0.4, 0.5) is 5.82 Å². The lowest BCUT2D eigenvalue weighted by Crippen LogP contribution is -2.12. The van der Waals surface area contributed by atoms with Gasteiger partial charge in [0, 0.05) is 11.8 Å². The van der Waals surface area contributed by atoms with Crippen molar-refractivity contribution in [3.8, 4) is 5.75 Å². The van der Waals surface area contributed by atoms with E-state index >= 15 is 0 Å². The quantitative estimate of drug-likeness (QED) is 0.739. The number of rotatable bonds is 2. The molecule has 1 amide bonds. The molecule has 5 heteroatoms. The summed E-state index contributed by atoms with van der Waals surface area (Å²) in [5.74, 6) is 0.0199. The number of carbonyl (C=O) groups is 1. The highest BCUT2D eigenvalue weighted by atomic mass is 16.3. The molecule has 2 rings (SSSR count). The number of aromatic nitrogens is 2. The second-order valence-corrected chi connectivity index (χ2v) is 3.91. The van der Waals surface area contributed by atoms with E-state index in [4.69, 9.17) is 0 Å². The number of carbonyl (C=O) groups excluding carboxylic acids is 1. The minimum absolute atomic E-state index is 0.0413. The van der Waals surface area contributed by atoms with E-state index in [1.807, 2.05) is 13.8 Å². The summed E-state index contributed by atoms with van der Waals surface area (Å²) in [5, 5.41) is 18.8. The van der Waals surface area contributed by atoms with Crippen LogP contribution in [0.5, 0.6) is 5.75 Å². The van der Waals surface area contributed by atoms with E-state index in [9.17, 15) is 9.90 Å². The van der Waals surface area contributed by atoms with E-state index in [2.05, 4.69) is 15.5 Å². The molecule has 0 fully saturated rings. The largest absolute Gasteiger partial charge is 0.507 e. The van der Waals surface area contributed by atoms with Crippen LogP contribution in [0.1, 0.15) is 21.6 Å². The number of phenols is 1. The average Bonchev–Trinajstić information content (AvgIpc) is 2.67. The third kappa shape index (κ3) is 2.44. The van der Waals surface area contributed by atoms with Crippen molar-refractivity contribution in [2.24, 2.45) is 0 Å². The van der Waals surface area contributed by atoms with Crippen LogP contribution in [0.25, 0.3) is 0 Å². The molecule has 0 aliphatic heterocycles. The number of nitrogens with one attached hydrogen (secondary N) is 2. The molecular formula is C12H13N3O2. The number of amides is 1. The molecule has 5 nitrogen and oxygen atoms in total. The van der Waals surface area contributed by atoms with E-state index in [1.165, 1.54) is 6.07 Å². The van der Waals surface area contributed by atoms with Gasteiger partial charge in [-0.15, -0.1) is 0 Å². The molecule has 2 aromatic rings. The molecule has 0 aliphatic carbocycles. The Morgan fingerprint density at radius 3 is 2.76 bits per heavy atom. The van der Waals surface area contributed by atoms with Crippen molar-refractivity contribution >= 4 is 11.7 Å². The first kappa shape index (κ1) is 11.2. The molecule has 88 valence electrons. The Morgan fingerprint density at radius 2 is 2.12 bits per heavy atom. The fourth-order valence-electron chi connectivity index (χ4n) is 1.50. The van der Waals surface area contributed by atoms with Crippen LogP contribution in [0.15, 0.2) is 24.3 Å². The minimum atomic E-state index is -0.377. The predicted molar refractivity (Wildman–Crippen MR) is 64.1 cm³/mol. The molecule has 17 heavy (non-hydrogen) atoms. The molecule has 1 aromatic heterocycles. The summed E-state index contributed by atoms with van der Waals surface area (Å²) in [6, 6.07) is 6.58. The Morgan fingerprint density at radius 1 is 1.35 bits per heavy atom. The van der Waals surface area contributed by atoms with Crippen molar-refractivity contribution < 1.29 is 9.90 Å². The Kier molecular flexibility index (Phi) is 2.82. The van der Waals surface area contributed by atoms with Gasteiger partial charge in [0.1, 0.15) is 5.75 Å². The lowest BCUT2D eigenvalue weighted by molar-refractivity contribution is 0.102. The molecule has 3 N–H and O–H groups in total. The summed E-state index contributed by atoms with van der Waals surface area (Å²) in [5.41, 5.74) is 2.01. The molecule has 0 saturated heterocycles. The number of aromatic amines is 1. The standard InChI is InChI=1S/C12H13N3O2/c1-7-3-4-10(16)9(5-7)12(17)13-11-6-8(2)14-15-11/h3-6,16H,1-2H3,(H2,13,14,15,17). The van der Waals surface area contributed by atoms with Gasteiger partial charge in [0.15, 0.2) is 5.82 Å². The third-order valence-electron chi connectivity index (χ3n) is 2.34. The number of hydrogen-bond donors (Lipinski definition) is 3. The summed E-state index contributed by atoms with van der Waals surface area (Å²) in [6.45, 7) is 3.70. The molecule has 1 heterocycles. The highest BCUT2D eigenvalue weighted by molar-refractivity contribution is 6.05. The zero-order valence-corrected chi connectivity index (χ0v) is 9.61. The first-order valence-electron chi connectivity index (χ1n) is 5.19. The molecule has 0 aliphatic rings. The van der Waals surface area contributed by atoms with Crippen molar-refractivity contribution in [2.75, 3.05) is 5.32 Å². The number of aryl methyl sites for hydroxylation is 2.